The molecule has 1 atom stereocenters. The zero-order valence-corrected chi connectivity index (χ0v) is 17.8. The molecule has 0 saturated carbocycles. The number of nitrogens with one attached hydrogen (secondary N) is 2. The Kier molecular flexibility index (Phi) is 7.78. The molecular formula is C17H22BrN3O3S2. The van der Waals surface area contributed by atoms with Gasteiger partial charge in [0.25, 0.3) is 0 Å². The normalized spacial score (nSPS) is 12.9. The summed E-state index contributed by atoms with van der Waals surface area (Å²) >= 11 is 4.91. The molecular weight excluding hydrogens is 438 g/mol. The zero-order chi connectivity index (χ0) is 19.2. The summed E-state index contributed by atoms with van der Waals surface area (Å²) in [4.78, 5) is 15.4. The number of hydrogen-bond acceptors (Lipinski definition) is 5. The van der Waals surface area contributed by atoms with E-state index in [1.165, 1.54) is 17.0 Å². The molecule has 142 valence electrons. The average molecular weight is 460 g/mol. The highest BCUT2D eigenvalue weighted by Crippen LogP contribution is 2.22. The van der Waals surface area contributed by atoms with E-state index < -0.39 is 10.0 Å². The first-order valence-corrected chi connectivity index (χ1v) is 11.2. The molecule has 0 radical (unpaired) electrons. The molecule has 9 heteroatoms. The number of likely N-dealkylation sites (N-methyl/N-ethyl adjacent to an activating group) is 1. The third-order valence-electron chi connectivity index (χ3n) is 3.76. The molecule has 0 fully saturated rings. The van der Waals surface area contributed by atoms with Crippen LogP contribution in [0.3, 0.4) is 0 Å². The van der Waals surface area contributed by atoms with Crippen LogP contribution in [0.15, 0.2) is 51.1 Å². The van der Waals surface area contributed by atoms with Crippen LogP contribution in [0.5, 0.6) is 0 Å². The van der Waals surface area contributed by atoms with E-state index in [9.17, 15) is 13.2 Å². The van der Waals surface area contributed by atoms with Gasteiger partial charge in [0.2, 0.25) is 15.9 Å². The molecule has 1 aromatic heterocycles. The van der Waals surface area contributed by atoms with Crippen molar-refractivity contribution >= 4 is 43.2 Å². The van der Waals surface area contributed by atoms with E-state index in [0.717, 1.165) is 4.47 Å². The number of sulfonamides is 1. The maximum absolute atomic E-state index is 12.2. The van der Waals surface area contributed by atoms with E-state index in [0.29, 0.717) is 6.54 Å². The maximum atomic E-state index is 12.2. The fraction of sp³-hybridized carbons (Fsp3) is 0.353. The highest BCUT2D eigenvalue weighted by atomic mass is 79.9. The van der Waals surface area contributed by atoms with Crippen LogP contribution in [-0.4, -0.2) is 46.4 Å². The van der Waals surface area contributed by atoms with Gasteiger partial charge in [0.15, 0.2) is 0 Å². The zero-order valence-electron chi connectivity index (χ0n) is 14.6. The largest absolute Gasteiger partial charge is 0.354 e. The molecule has 2 aromatic rings. The van der Waals surface area contributed by atoms with Gasteiger partial charge in [-0.3, -0.25) is 4.79 Å². The molecule has 26 heavy (non-hydrogen) atoms. The van der Waals surface area contributed by atoms with Crippen LogP contribution in [0.2, 0.25) is 0 Å². The van der Waals surface area contributed by atoms with Crippen molar-refractivity contribution in [1.29, 1.82) is 0 Å². The smallest absolute Gasteiger partial charge is 0.240 e. The van der Waals surface area contributed by atoms with Gasteiger partial charge in [0, 0.05) is 28.9 Å². The highest BCUT2D eigenvalue weighted by molar-refractivity contribution is 9.10. The Morgan fingerprint density at radius 3 is 2.50 bits per heavy atom. The lowest BCUT2D eigenvalue weighted by atomic mass is 10.2. The monoisotopic (exact) mass is 459 g/mol. The number of thiophene rings is 1. The number of carbonyl (C=O) groups is 1. The molecule has 0 aliphatic heterocycles. The van der Waals surface area contributed by atoms with E-state index in [1.807, 2.05) is 36.5 Å². The standard InChI is InChI=1S/C17H22BrN3O3S2/c1-21(2)15(16-4-3-11-25-16)12-19-17(22)9-10-20-26(23,24)14-7-5-13(18)6-8-14/h3-8,11,15,20H,9-10,12H2,1-2H3,(H,19,22). The SMILES string of the molecule is CN(C)C(CNC(=O)CCNS(=O)(=O)c1ccc(Br)cc1)c1cccs1. The first-order chi connectivity index (χ1) is 12.3. The van der Waals surface area contributed by atoms with E-state index in [1.54, 1.807) is 23.5 Å². The van der Waals surface area contributed by atoms with E-state index >= 15 is 0 Å². The van der Waals surface area contributed by atoms with Crippen molar-refractivity contribution in [3.8, 4) is 0 Å². The Hall–Kier alpha value is -1.26. The number of amides is 1. The van der Waals surface area contributed by atoms with Crippen LogP contribution in [-0.2, 0) is 14.8 Å². The lowest BCUT2D eigenvalue weighted by molar-refractivity contribution is -0.121. The van der Waals surface area contributed by atoms with Gasteiger partial charge in [-0.2, -0.15) is 0 Å². The molecule has 1 aromatic carbocycles. The van der Waals surface area contributed by atoms with Gasteiger partial charge in [-0.25, -0.2) is 13.1 Å². The van der Waals surface area contributed by atoms with Gasteiger partial charge in [-0.15, -0.1) is 11.3 Å². The Morgan fingerprint density at radius 2 is 1.92 bits per heavy atom. The summed E-state index contributed by atoms with van der Waals surface area (Å²) in [5, 5.41) is 4.88. The van der Waals surface area contributed by atoms with Gasteiger partial charge in [0.05, 0.1) is 10.9 Å². The third-order valence-corrected chi connectivity index (χ3v) is 6.73. The molecule has 1 amide bonds. The van der Waals surface area contributed by atoms with Crippen LogP contribution in [0, 0.1) is 0 Å². The minimum Gasteiger partial charge on any atom is -0.354 e. The summed E-state index contributed by atoms with van der Waals surface area (Å²) in [5.74, 6) is -0.188. The average Bonchev–Trinajstić information content (AvgIpc) is 3.09. The summed E-state index contributed by atoms with van der Waals surface area (Å²) in [6, 6.07) is 10.5. The van der Waals surface area contributed by atoms with Crippen molar-refractivity contribution in [2.75, 3.05) is 27.2 Å². The second kappa shape index (κ2) is 9.61. The molecule has 0 aliphatic rings. The summed E-state index contributed by atoms with van der Waals surface area (Å²) in [5.41, 5.74) is 0. The van der Waals surface area contributed by atoms with E-state index in [4.69, 9.17) is 0 Å². The molecule has 1 unspecified atom stereocenters. The third kappa shape index (κ3) is 6.17. The predicted octanol–water partition coefficient (Wildman–Crippen LogP) is 2.60. The van der Waals surface area contributed by atoms with Crippen LogP contribution in [0.25, 0.3) is 0 Å². The first-order valence-electron chi connectivity index (χ1n) is 8.01. The fourth-order valence-corrected chi connectivity index (χ4v) is 4.53. The number of hydrogen-bond donors (Lipinski definition) is 2. The molecule has 1 heterocycles. The molecule has 0 aliphatic carbocycles. The van der Waals surface area contributed by atoms with Crippen LogP contribution < -0.4 is 10.0 Å². The number of carbonyl (C=O) groups excluding carboxylic acids is 1. The van der Waals surface area contributed by atoms with Crippen molar-refractivity contribution < 1.29 is 13.2 Å². The van der Waals surface area contributed by atoms with Crippen molar-refractivity contribution in [2.45, 2.75) is 17.4 Å². The second-order valence-corrected chi connectivity index (χ2v) is 9.56. The molecule has 2 N–H and O–H groups in total. The quantitative estimate of drug-likeness (QED) is 0.603. The number of benzene rings is 1. The first kappa shape index (κ1) is 21.0. The predicted molar refractivity (Wildman–Crippen MR) is 108 cm³/mol. The minimum absolute atomic E-state index is 0.0515. The van der Waals surface area contributed by atoms with Crippen LogP contribution in [0.1, 0.15) is 17.3 Å². The Balaban J connectivity index is 1.80. The van der Waals surface area contributed by atoms with Gasteiger partial charge in [-0.1, -0.05) is 22.0 Å². The number of rotatable bonds is 9. The fourth-order valence-electron chi connectivity index (χ4n) is 2.31. The van der Waals surface area contributed by atoms with Crippen molar-refractivity contribution in [3.63, 3.8) is 0 Å². The van der Waals surface area contributed by atoms with Crippen molar-refractivity contribution in [1.82, 2.24) is 14.9 Å². The Morgan fingerprint density at radius 1 is 1.23 bits per heavy atom. The summed E-state index contributed by atoms with van der Waals surface area (Å²) in [6.45, 7) is 0.529. The Labute approximate surface area is 166 Å². The lowest BCUT2D eigenvalue weighted by Gasteiger charge is -2.23. The minimum atomic E-state index is -3.61. The van der Waals surface area contributed by atoms with Crippen molar-refractivity contribution in [3.05, 3.63) is 51.1 Å². The number of nitrogens with zero attached hydrogens (tertiary/aromatic N) is 1. The summed E-state index contributed by atoms with van der Waals surface area (Å²) in [6.07, 6.45) is 0.0837. The van der Waals surface area contributed by atoms with Crippen LogP contribution in [0.4, 0.5) is 0 Å². The summed E-state index contributed by atoms with van der Waals surface area (Å²) in [7, 11) is 0.312. The lowest BCUT2D eigenvalue weighted by Crippen LogP contribution is -2.36. The van der Waals surface area contributed by atoms with Gasteiger partial charge in [0.1, 0.15) is 0 Å². The topological polar surface area (TPSA) is 78.5 Å². The van der Waals surface area contributed by atoms with Gasteiger partial charge < -0.3 is 10.2 Å². The van der Waals surface area contributed by atoms with Crippen LogP contribution >= 0.6 is 27.3 Å². The second-order valence-electron chi connectivity index (χ2n) is 5.90. The Bertz CT molecular complexity index is 806. The summed E-state index contributed by atoms with van der Waals surface area (Å²) < 4.78 is 27.6. The highest BCUT2D eigenvalue weighted by Gasteiger charge is 2.17. The van der Waals surface area contributed by atoms with E-state index in [-0.39, 0.29) is 29.8 Å². The maximum Gasteiger partial charge on any atom is 0.240 e. The molecule has 2 rings (SSSR count). The molecule has 6 nitrogen and oxygen atoms in total. The van der Waals surface area contributed by atoms with Gasteiger partial charge >= 0.3 is 0 Å². The van der Waals surface area contributed by atoms with Gasteiger partial charge in [-0.05, 0) is 49.8 Å². The number of halogens is 1. The van der Waals surface area contributed by atoms with Crippen molar-refractivity contribution in [2.24, 2.45) is 0 Å². The molecule has 0 saturated heterocycles. The molecule has 0 bridgehead atoms. The molecule has 0 spiro atoms. The van der Waals surface area contributed by atoms with E-state index in [2.05, 4.69) is 26.0 Å².